The van der Waals surface area contributed by atoms with Crippen molar-refractivity contribution >= 4 is 27.4 Å². The number of benzene rings is 2. The summed E-state index contributed by atoms with van der Waals surface area (Å²) in [5, 5.41) is 0. The third-order valence-corrected chi connectivity index (χ3v) is 8.00. The van der Waals surface area contributed by atoms with Crippen molar-refractivity contribution in [1.29, 1.82) is 0 Å². The monoisotopic (exact) mass is 366 g/mol. The molecule has 24 heavy (non-hydrogen) atoms. The highest BCUT2D eigenvalue weighted by Gasteiger charge is 2.35. The van der Waals surface area contributed by atoms with Gasteiger partial charge in [-0.25, -0.2) is 12.8 Å². The van der Waals surface area contributed by atoms with Crippen molar-refractivity contribution in [2.45, 2.75) is 23.3 Å². The standard InChI is InChI=1S/C18H19FO3S2/c1-12-4-10-16(11-5-12)24(21,22)18(23-3)13(2)17(20)14-6-8-15(19)9-7-14/h4-11,13,18H,1-3H3. The number of carbonyl (C=O) groups excluding carboxylic acids is 1. The summed E-state index contributed by atoms with van der Waals surface area (Å²) in [5.41, 5.74) is 1.27. The largest absolute Gasteiger partial charge is 0.294 e. The Balaban J connectivity index is 2.33. The van der Waals surface area contributed by atoms with Crippen LogP contribution >= 0.6 is 11.8 Å². The number of hydrogen-bond acceptors (Lipinski definition) is 4. The van der Waals surface area contributed by atoms with Gasteiger partial charge in [0.15, 0.2) is 15.6 Å². The average Bonchev–Trinajstić information content (AvgIpc) is 2.55. The van der Waals surface area contributed by atoms with Gasteiger partial charge >= 0.3 is 0 Å². The number of carbonyl (C=O) groups is 1. The molecule has 0 fully saturated rings. The first kappa shape index (κ1) is 18.7. The molecule has 0 heterocycles. The molecule has 128 valence electrons. The molecule has 2 aromatic rings. The lowest BCUT2D eigenvalue weighted by molar-refractivity contribution is 0.0936. The van der Waals surface area contributed by atoms with Gasteiger partial charge in [0.25, 0.3) is 0 Å². The van der Waals surface area contributed by atoms with Crippen molar-refractivity contribution in [2.75, 3.05) is 6.26 Å². The van der Waals surface area contributed by atoms with Gasteiger partial charge in [-0.1, -0.05) is 24.6 Å². The van der Waals surface area contributed by atoms with Gasteiger partial charge in [-0.3, -0.25) is 4.79 Å². The lowest BCUT2D eigenvalue weighted by Gasteiger charge is -2.21. The van der Waals surface area contributed by atoms with Crippen molar-refractivity contribution in [1.82, 2.24) is 0 Å². The zero-order valence-electron chi connectivity index (χ0n) is 13.7. The number of ketones is 1. The molecule has 0 bridgehead atoms. The van der Waals surface area contributed by atoms with Crippen LogP contribution in [0.4, 0.5) is 4.39 Å². The van der Waals surface area contributed by atoms with E-state index < -0.39 is 26.2 Å². The Morgan fingerprint density at radius 2 is 1.58 bits per heavy atom. The maximum Gasteiger partial charge on any atom is 0.191 e. The molecule has 0 aliphatic carbocycles. The van der Waals surface area contributed by atoms with E-state index in [0.717, 1.165) is 17.3 Å². The molecule has 2 rings (SSSR count). The molecule has 0 radical (unpaired) electrons. The van der Waals surface area contributed by atoms with Crippen LogP contribution in [0.1, 0.15) is 22.8 Å². The summed E-state index contributed by atoms with van der Waals surface area (Å²) in [6, 6.07) is 11.7. The highest BCUT2D eigenvalue weighted by molar-refractivity contribution is 8.13. The lowest BCUT2D eigenvalue weighted by Crippen LogP contribution is -2.30. The Kier molecular flexibility index (Phi) is 5.83. The van der Waals surface area contributed by atoms with Gasteiger partial charge in [-0.05, 0) is 49.6 Å². The van der Waals surface area contributed by atoms with Gasteiger partial charge in [0.05, 0.1) is 4.90 Å². The molecule has 0 saturated carbocycles. The molecule has 0 aliphatic rings. The zero-order valence-corrected chi connectivity index (χ0v) is 15.3. The Bertz CT molecular complexity index is 812. The second-order valence-electron chi connectivity index (χ2n) is 5.62. The number of halogens is 1. The van der Waals surface area contributed by atoms with Crippen LogP contribution in [0.3, 0.4) is 0 Å². The summed E-state index contributed by atoms with van der Waals surface area (Å²) in [6.07, 6.45) is 1.67. The summed E-state index contributed by atoms with van der Waals surface area (Å²) >= 11 is 1.13. The van der Waals surface area contributed by atoms with Crippen LogP contribution in [0.25, 0.3) is 0 Å². The van der Waals surface area contributed by atoms with E-state index in [1.807, 2.05) is 6.92 Å². The minimum Gasteiger partial charge on any atom is -0.294 e. The summed E-state index contributed by atoms with van der Waals surface area (Å²) in [7, 11) is -3.66. The molecule has 0 saturated heterocycles. The smallest absolute Gasteiger partial charge is 0.191 e. The second kappa shape index (κ2) is 7.49. The van der Waals surface area contributed by atoms with Crippen LogP contribution in [0.2, 0.25) is 0 Å². The third kappa shape index (κ3) is 3.87. The van der Waals surface area contributed by atoms with Crippen LogP contribution in [0.5, 0.6) is 0 Å². The first-order valence-electron chi connectivity index (χ1n) is 7.40. The molecule has 2 aromatic carbocycles. The van der Waals surface area contributed by atoms with E-state index in [-0.39, 0.29) is 10.7 Å². The van der Waals surface area contributed by atoms with Gasteiger partial charge in [0.1, 0.15) is 10.4 Å². The maximum atomic E-state index is 13.0. The van der Waals surface area contributed by atoms with Crippen molar-refractivity contribution < 1.29 is 17.6 Å². The van der Waals surface area contributed by atoms with Gasteiger partial charge < -0.3 is 0 Å². The molecule has 0 amide bonds. The van der Waals surface area contributed by atoms with Crippen LogP contribution in [0, 0.1) is 18.7 Å². The normalized spacial score (nSPS) is 14.2. The molecule has 0 aromatic heterocycles. The van der Waals surface area contributed by atoms with Crippen molar-refractivity contribution in [2.24, 2.45) is 5.92 Å². The number of Topliss-reactive ketones (excluding diaryl/α,β-unsaturated/α-hetero) is 1. The van der Waals surface area contributed by atoms with E-state index in [4.69, 9.17) is 0 Å². The number of rotatable bonds is 6. The summed E-state index contributed by atoms with van der Waals surface area (Å²) in [5.74, 6) is -1.50. The Morgan fingerprint density at radius 1 is 1.04 bits per heavy atom. The Labute approximate surface area is 146 Å². The van der Waals surface area contributed by atoms with Crippen LogP contribution < -0.4 is 0 Å². The van der Waals surface area contributed by atoms with Crippen LogP contribution in [0.15, 0.2) is 53.4 Å². The number of thioether (sulfide) groups is 1. The molecule has 0 spiro atoms. The topological polar surface area (TPSA) is 51.2 Å². The molecule has 0 aliphatic heterocycles. The summed E-state index contributed by atoms with van der Waals surface area (Å²) < 4.78 is 37.8. The van der Waals surface area contributed by atoms with Gasteiger partial charge in [-0.2, -0.15) is 0 Å². The molecule has 6 heteroatoms. The van der Waals surface area contributed by atoms with E-state index in [1.165, 1.54) is 24.3 Å². The number of hydrogen-bond donors (Lipinski definition) is 0. The van der Waals surface area contributed by atoms with E-state index in [2.05, 4.69) is 0 Å². The molecule has 0 N–H and O–H groups in total. The third-order valence-electron chi connectivity index (χ3n) is 3.84. The Morgan fingerprint density at radius 3 is 2.08 bits per heavy atom. The van der Waals surface area contributed by atoms with Gasteiger partial charge in [0, 0.05) is 11.5 Å². The fourth-order valence-electron chi connectivity index (χ4n) is 2.46. The first-order valence-corrected chi connectivity index (χ1v) is 10.2. The van der Waals surface area contributed by atoms with Crippen LogP contribution in [-0.4, -0.2) is 25.0 Å². The SMILES string of the molecule is CSC(C(C)C(=O)c1ccc(F)cc1)S(=O)(=O)c1ccc(C)cc1. The fraction of sp³-hybridized carbons (Fsp3) is 0.278. The number of aryl methyl sites for hydroxylation is 1. The second-order valence-corrected chi connectivity index (χ2v) is 8.97. The minimum absolute atomic E-state index is 0.200. The fourth-order valence-corrected chi connectivity index (χ4v) is 5.79. The Hall–Kier alpha value is -1.66. The van der Waals surface area contributed by atoms with E-state index in [1.54, 1.807) is 37.4 Å². The van der Waals surface area contributed by atoms with Crippen molar-refractivity contribution in [3.63, 3.8) is 0 Å². The van der Waals surface area contributed by atoms with E-state index in [9.17, 15) is 17.6 Å². The lowest BCUT2D eigenvalue weighted by atomic mass is 10.0. The highest BCUT2D eigenvalue weighted by Crippen LogP contribution is 2.31. The molecule has 3 nitrogen and oxygen atoms in total. The molecule has 2 atom stereocenters. The van der Waals surface area contributed by atoms with Crippen molar-refractivity contribution in [3.8, 4) is 0 Å². The van der Waals surface area contributed by atoms with E-state index >= 15 is 0 Å². The predicted octanol–water partition coefficient (Wildman–Crippen LogP) is 4.12. The summed E-state index contributed by atoms with van der Waals surface area (Å²) in [4.78, 5) is 12.8. The predicted molar refractivity (Wildman–Crippen MR) is 95.6 cm³/mol. The summed E-state index contributed by atoms with van der Waals surface area (Å²) in [6.45, 7) is 3.47. The van der Waals surface area contributed by atoms with Gasteiger partial charge in [-0.15, -0.1) is 11.8 Å². The molecule has 2 unspecified atom stereocenters. The molecular formula is C18H19FO3S2. The maximum absolute atomic E-state index is 13.0. The highest BCUT2D eigenvalue weighted by atomic mass is 32.3. The minimum atomic E-state index is -3.66. The quantitative estimate of drug-likeness (QED) is 0.722. The first-order chi connectivity index (χ1) is 11.3. The van der Waals surface area contributed by atoms with Gasteiger partial charge in [0.2, 0.25) is 0 Å². The number of sulfone groups is 1. The average molecular weight is 366 g/mol. The van der Waals surface area contributed by atoms with E-state index in [0.29, 0.717) is 5.56 Å². The molecular weight excluding hydrogens is 347 g/mol. The van der Waals surface area contributed by atoms with Crippen molar-refractivity contribution in [3.05, 3.63) is 65.5 Å². The van der Waals surface area contributed by atoms with Crippen LogP contribution in [-0.2, 0) is 9.84 Å². The zero-order chi connectivity index (χ0) is 17.9.